The van der Waals surface area contributed by atoms with Gasteiger partial charge in [-0.1, -0.05) is 48.0 Å². The Morgan fingerprint density at radius 3 is 2.48 bits per heavy atom. The first-order chi connectivity index (χ1) is 12.9. The molecular formula is C20H14ClF3N2S. The van der Waals surface area contributed by atoms with Gasteiger partial charge in [0.2, 0.25) is 0 Å². The third kappa shape index (κ3) is 3.59. The summed E-state index contributed by atoms with van der Waals surface area (Å²) in [6, 6.07) is 17.1. The zero-order valence-electron chi connectivity index (χ0n) is 13.9. The first-order valence-electron chi connectivity index (χ1n) is 8.25. The molecule has 0 fully saturated rings. The van der Waals surface area contributed by atoms with Gasteiger partial charge in [0.1, 0.15) is 0 Å². The van der Waals surface area contributed by atoms with Crippen molar-refractivity contribution in [1.82, 2.24) is 0 Å². The van der Waals surface area contributed by atoms with Crippen molar-refractivity contribution in [3.63, 3.8) is 0 Å². The molecule has 0 saturated carbocycles. The fourth-order valence-electron chi connectivity index (χ4n) is 3.13. The summed E-state index contributed by atoms with van der Waals surface area (Å²) in [5.74, 6) is -0.0459. The second-order valence-corrected chi connectivity index (χ2v) is 7.53. The third-order valence-corrected chi connectivity index (χ3v) is 5.65. The number of hydrogen-bond acceptors (Lipinski definition) is 3. The molecule has 1 aromatic heterocycles. The first-order valence-corrected chi connectivity index (χ1v) is 9.51. The van der Waals surface area contributed by atoms with E-state index in [1.165, 1.54) is 6.07 Å². The van der Waals surface area contributed by atoms with Crippen molar-refractivity contribution in [2.75, 3.05) is 11.6 Å². The van der Waals surface area contributed by atoms with Crippen molar-refractivity contribution in [1.29, 1.82) is 0 Å². The zero-order valence-corrected chi connectivity index (χ0v) is 15.5. The van der Waals surface area contributed by atoms with E-state index < -0.39 is 11.7 Å². The van der Waals surface area contributed by atoms with Crippen molar-refractivity contribution < 1.29 is 13.2 Å². The van der Waals surface area contributed by atoms with Gasteiger partial charge in [0.25, 0.3) is 0 Å². The Labute approximate surface area is 163 Å². The van der Waals surface area contributed by atoms with Gasteiger partial charge in [0.05, 0.1) is 33.4 Å². The molecule has 0 spiro atoms. The van der Waals surface area contributed by atoms with Gasteiger partial charge in [-0.15, -0.1) is 11.3 Å². The number of rotatable bonds is 3. The van der Waals surface area contributed by atoms with Gasteiger partial charge in [-0.25, -0.2) is 0 Å². The van der Waals surface area contributed by atoms with Gasteiger partial charge in [-0.2, -0.15) is 18.3 Å². The fraction of sp³-hybridized carbons (Fsp3) is 0.150. The molecule has 1 aliphatic heterocycles. The summed E-state index contributed by atoms with van der Waals surface area (Å²) in [6.07, 6.45) is -4.43. The highest BCUT2D eigenvalue weighted by molar-refractivity contribution is 7.12. The average Bonchev–Trinajstić information content (AvgIpc) is 3.31. The summed E-state index contributed by atoms with van der Waals surface area (Å²) < 4.78 is 39.4. The Hall–Kier alpha value is -2.31. The second-order valence-electron chi connectivity index (χ2n) is 6.17. The van der Waals surface area contributed by atoms with Crippen LogP contribution in [0.2, 0.25) is 5.02 Å². The van der Waals surface area contributed by atoms with Gasteiger partial charge in [-0.3, -0.25) is 5.01 Å². The van der Waals surface area contributed by atoms with E-state index in [-0.39, 0.29) is 16.6 Å². The van der Waals surface area contributed by atoms with E-state index >= 15 is 0 Å². The van der Waals surface area contributed by atoms with E-state index in [0.29, 0.717) is 6.54 Å². The molecule has 0 bridgehead atoms. The number of anilines is 1. The molecule has 2 heterocycles. The number of alkyl halides is 3. The molecule has 2 aromatic carbocycles. The van der Waals surface area contributed by atoms with Crippen LogP contribution < -0.4 is 5.01 Å². The van der Waals surface area contributed by atoms with Crippen LogP contribution in [0.4, 0.5) is 18.9 Å². The minimum Gasteiger partial charge on any atom is -0.263 e. The van der Waals surface area contributed by atoms with Crippen molar-refractivity contribution in [3.8, 4) is 0 Å². The smallest absolute Gasteiger partial charge is 0.263 e. The molecule has 0 amide bonds. The van der Waals surface area contributed by atoms with Crippen LogP contribution >= 0.6 is 22.9 Å². The lowest BCUT2D eigenvalue weighted by Crippen LogP contribution is -2.19. The Morgan fingerprint density at radius 2 is 1.81 bits per heavy atom. The maximum atomic E-state index is 13.1. The molecule has 1 aliphatic rings. The van der Waals surface area contributed by atoms with E-state index in [1.807, 2.05) is 47.8 Å². The molecule has 3 aromatic rings. The monoisotopic (exact) mass is 406 g/mol. The average molecular weight is 407 g/mol. The quantitative estimate of drug-likeness (QED) is 0.489. The highest BCUT2D eigenvalue weighted by atomic mass is 35.5. The number of nitrogens with zero attached hydrogens (tertiary/aromatic N) is 2. The first kappa shape index (κ1) is 18.1. The van der Waals surface area contributed by atoms with E-state index in [1.54, 1.807) is 16.3 Å². The molecule has 2 nitrogen and oxygen atoms in total. The standard InChI is InChI=1S/C20H14ClF3N2S/c21-16-9-8-14(20(22,23)24)11-17(16)26-12-15(13-5-2-1-3-6-13)19(25-26)18-7-4-10-27-18/h1-11,15H,12H2/t15-/m1/s1. The summed E-state index contributed by atoms with van der Waals surface area (Å²) in [5.41, 5.74) is 1.43. The van der Waals surface area contributed by atoms with Crippen LogP contribution in [0.25, 0.3) is 0 Å². The molecule has 0 N–H and O–H groups in total. The summed E-state index contributed by atoms with van der Waals surface area (Å²) in [6.45, 7) is 0.429. The molecule has 138 valence electrons. The molecular weight excluding hydrogens is 393 g/mol. The van der Waals surface area contributed by atoms with Gasteiger partial charge in [-0.05, 0) is 35.2 Å². The Bertz CT molecular complexity index is 969. The van der Waals surface area contributed by atoms with Crippen LogP contribution in [0.15, 0.2) is 71.1 Å². The van der Waals surface area contributed by atoms with Gasteiger partial charge < -0.3 is 0 Å². The van der Waals surface area contributed by atoms with E-state index in [9.17, 15) is 13.2 Å². The topological polar surface area (TPSA) is 15.6 Å². The van der Waals surface area contributed by atoms with Crippen LogP contribution in [-0.2, 0) is 6.18 Å². The predicted molar refractivity (Wildman–Crippen MR) is 104 cm³/mol. The lowest BCUT2D eigenvalue weighted by atomic mass is 9.94. The van der Waals surface area contributed by atoms with Crippen molar-refractivity contribution in [2.24, 2.45) is 5.10 Å². The Balaban J connectivity index is 1.77. The van der Waals surface area contributed by atoms with Crippen LogP contribution in [0, 0.1) is 0 Å². The van der Waals surface area contributed by atoms with Crippen LogP contribution in [-0.4, -0.2) is 12.3 Å². The van der Waals surface area contributed by atoms with Gasteiger partial charge in [0.15, 0.2) is 0 Å². The minimum absolute atomic E-state index is 0.0459. The lowest BCUT2D eigenvalue weighted by Gasteiger charge is -2.19. The van der Waals surface area contributed by atoms with E-state index in [2.05, 4.69) is 5.10 Å². The third-order valence-electron chi connectivity index (χ3n) is 4.44. The Kier molecular flexibility index (Phi) is 4.70. The maximum absolute atomic E-state index is 13.1. The largest absolute Gasteiger partial charge is 0.416 e. The molecule has 0 radical (unpaired) electrons. The highest BCUT2D eigenvalue weighted by Gasteiger charge is 2.34. The number of thiophene rings is 1. The maximum Gasteiger partial charge on any atom is 0.416 e. The van der Waals surface area contributed by atoms with Crippen molar-refractivity contribution in [2.45, 2.75) is 12.1 Å². The fourth-order valence-corrected chi connectivity index (χ4v) is 4.11. The number of halogens is 4. The van der Waals surface area contributed by atoms with Gasteiger partial charge in [0, 0.05) is 5.92 Å². The SMILES string of the molecule is FC(F)(F)c1ccc(Cl)c(N2C[C@H](c3ccccc3)C(c3cccs3)=N2)c1. The van der Waals surface area contributed by atoms with E-state index in [4.69, 9.17) is 11.6 Å². The number of hydrogen-bond donors (Lipinski definition) is 0. The van der Waals surface area contributed by atoms with Crippen LogP contribution in [0.3, 0.4) is 0 Å². The number of hydrazone groups is 1. The Morgan fingerprint density at radius 1 is 1.04 bits per heavy atom. The molecule has 1 atom stereocenters. The molecule has 0 aliphatic carbocycles. The summed E-state index contributed by atoms with van der Waals surface area (Å²) in [5, 5.41) is 8.42. The van der Waals surface area contributed by atoms with Crippen molar-refractivity contribution in [3.05, 3.63) is 87.1 Å². The summed E-state index contributed by atoms with van der Waals surface area (Å²) >= 11 is 7.77. The predicted octanol–water partition coefficient (Wildman–Crippen LogP) is 6.43. The van der Waals surface area contributed by atoms with Crippen LogP contribution in [0.5, 0.6) is 0 Å². The summed E-state index contributed by atoms with van der Waals surface area (Å²) in [4.78, 5) is 0.995. The lowest BCUT2D eigenvalue weighted by molar-refractivity contribution is -0.137. The normalized spacial score (nSPS) is 17.3. The highest BCUT2D eigenvalue weighted by Crippen LogP contribution is 2.39. The second kappa shape index (κ2) is 7.02. The van der Waals surface area contributed by atoms with Crippen molar-refractivity contribution >= 4 is 34.3 Å². The minimum atomic E-state index is -4.43. The summed E-state index contributed by atoms with van der Waals surface area (Å²) in [7, 11) is 0. The molecule has 4 rings (SSSR count). The molecule has 0 saturated heterocycles. The van der Waals surface area contributed by atoms with Gasteiger partial charge >= 0.3 is 6.18 Å². The van der Waals surface area contributed by atoms with E-state index in [0.717, 1.165) is 28.3 Å². The molecule has 27 heavy (non-hydrogen) atoms. The molecule has 7 heteroatoms. The number of benzene rings is 2. The zero-order chi connectivity index (χ0) is 19.0. The molecule has 0 unspecified atom stereocenters. The van der Waals surface area contributed by atoms with Crippen LogP contribution in [0.1, 0.15) is 21.9 Å².